The molecule has 0 aromatic carbocycles. The van der Waals surface area contributed by atoms with Crippen molar-refractivity contribution in [2.24, 2.45) is 0 Å². The summed E-state index contributed by atoms with van der Waals surface area (Å²) in [5.41, 5.74) is 0. The molecule has 1 aliphatic heterocycles. The Balaban J connectivity index is 2.53. The van der Waals surface area contributed by atoms with Crippen molar-refractivity contribution in [3.63, 3.8) is 0 Å². The molecule has 0 spiro atoms. The van der Waals surface area contributed by atoms with Crippen molar-refractivity contribution in [3.8, 4) is 0 Å². The average Bonchev–Trinajstić information content (AvgIpc) is 2.04. The van der Waals surface area contributed by atoms with E-state index in [2.05, 4.69) is 6.58 Å². The second-order valence-corrected chi connectivity index (χ2v) is 2.66. The van der Waals surface area contributed by atoms with Crippen molar-refractivity contribution in [3.05, 3.63) is 12.7 Å². The van der Waals surface area contributed by atoms with Gasteiger partial charge in [0.2, 0.25) is 5.91 Å². The Hall–Kier alpha value is -0.830. The third kappa shape index (κ3) is 1.80. The molecule has 1 unspecified atom stereocenters. The summed E-state index contributed by atoms with van der Waals surface area (Å²) >= 11 is 0. The van der Waals surface area contributed by atoms with Crippen molar-refractivity contribution < 1.29 is 9.53 Å². The average molecular weight is 155 g/mol. The molecule has 0 aromatic heterocycles. The topological polar surface area (TPSA) is 29.5 Å². The lowest BCUT2D eigenvalue weighted by atomic mass is 10.2. The van der Waals surface area contributed by atoms with Crippen LogP contribution >= 0.6 is 0 Å². The van der Waals surface area contributed by atoms with Crippen molar-refractivity contribution >= 4 is 5.91 Å². The Bertz CT molecular complexity index is 167. The lowest BCUT2D eigenvalue weighted by Crippen LogP contribution is -2.46. The fourth-order valence-corrected chi connectivity index (χ4v) is 1.17. The van der Waals surface area contributed by atoms with E-state index in [1.54, 1.807) is 4.90 Å². The van der Waals surface area contributed by atoms with Gasteiger partial charge in [0, 0.05) is 6.54 Å². The lowest BCUT2D eigenvalue weighted by Gasteiger charge is -2.32. The molecule has 62 valence electrons. The monoisotopic (exact) mass is 155 g/mol. The molecule has 1 rings (SSSR count). The molecule has 0 aliphatic carbocycles. The molecule has 1 amide bonds. The van der Waals surface area contributed by atoms with E-state index < -0.39 is 0 Å². The van der Waals surface area contributed by atoms with Gasteiger partial charge in [-0.05, 0) is 13.0 Å². The minimum absolute atomic E-state index is 0.000741. The number of morpholine rings is 1. The maximum absolute atomic E-state index is 11.1. The molecular weight excluding hydrogens is 142 g/mol. The highest BCUT2D eigenvalue weighted by molar-refractivity contribution is 5.87. The van der Waals surface area contributed by atoms with Gasteiger partial charge in [0.25, 0.3) is 0 Å². The number of ether oxygens (including phenoxy) is 1. The van der Waals surface area contributed by atoms with Crippen LogP contribution in [0.4, 0.5) is 0 Å². The smallest absolute Gasteiger partial charge is 0.246 e. The van der Waals surface area contributed by atoms with Gasteiger partial charge in [0.05, 0.1) is 19.3 Å². The van der Waals surface area contributed by atoms with E-state index in [9.17, 15) is 4.79 Å². The third-order valence-corrected chi connectivity index (χ3v) is 1.83. The molecule has 3 heteroatoms. The van der Waals surface area contributed by atoms with Gasteiger partial charge in [-0.15, -0.1) is 0 Å². The van der Waals surface area contributed by atoms with E-state index in [1.165, 1.54) is 6.08 Å². The number of hydrogen-bond donors (Lipinski definition) is 0. The lowest BCUT2D eigenvalue weighted by molar-refractivity contribution is -0.133. The van der Waals surface area contributed by atoms with Crippen LogP contribution in [0.2, 0.25) is 0 Å². The van der Waals surface area contributed by atoms with Crippen LogP contribution in [0.1, 0.15) is 6.92 Å². The first-order chi connectivity index (χ1) is 5.25. The number of amides is 1. The van der Waals surface area contributed by atoms with Crippen molar-refractivity contribution in [1.29, 1.82) is 0 Å². The molecule has 3 nitrogen and oxygen atoms in total. The van der Waals surface area contributed by atoms with Crippen LogP contribution < -0.4 is 0 Å². The van der Waals surface area contributed by atoms with E-state index in [4.69, 9.17) is 4.74 Å². The molecular formula is C8H13NO2. The molecule has 1 atom stereocenters. The third-order valence-electron chi connectivity index (χ3n) is 1.83. The second-order valence-electron chi connectivity index (χ2n) is 2.66. The molecule has 0 N–H and O–H groups in total. The summed E-state index contributed by atoms with van der Waals surface area (Å²) in [5.74, 6) is 0.000741. The molecule has 1 heterocycles. The first-order valence-corrected chi connectivity index (χ1v) is 3.76. The Labute approximate surface area is 66.6 Å². The summed E-state index contributed by atoms with van der Waals surface area (Å²) in [5, 5.41) is 0. The fraction of sp³-hybridized carbons (Fsp3) is 0.625. The minimum atomic E-state index is 0.000741. The normalized spacial score (nSPS) is 24.8. The number of hydrogen-bond acceptors (Lipinski definition) is 2. The van der Waals surface area contributed by atoms with Gasteiger partial charge in [-0.2, -0.15) is 0 Å². The van der Waals surface area contributed by atoms with Crippen LogP contribution in [0.5, 0.6) is 0 Å². The highest BCUT2D eigenvalue weighted by Crippen LogP contribution is 2.05. The SMILES string of the molecule is C=CC(=O)N1CCOCC1C. The maximum Gasteiger partial charge on any atom is 0.246 e. The number of nitrogens with zero attached hydrogens (tertiary/aromatic N) is 1. The summed E-state index contributed by atoms with van der Waals surface area (Å²) in [7, 11) is 0. The van der Waals surface area contributed by atoms with Gasteiger partial charge in [-0.3, -0.25) is 4.79 Å². The maximum atomic E-state index is 11.1. The molecule has 1 aliphatic rings. The second kappa shape index (κ2) is 3.53. The highest BCUT2D eigenvalue weighted by atomic mass is 16.5. The summed E-state index contributed by atoms with van der Waals surface area (Å²) in [6.45, 7) is 7.38. The van der Waals surface area contributed by atoms with Gasteiger partial charge in [0.1, 0.15) is 0 Å². The summed E-state index contributed by atoms with van der Waals surface area (Å²) in [6.07, 6.45) is 1.35. The standard InChI is InChI=1S/C8H13NO2/c1-3-8(10)9-4-5-11-6-7(9)2/h3,7H,1,4-6H2,2H3. The fourth-order valence-electron chi connectivity index (χ4n) is 1.17. The number of carbonyl (C=O) groups excluding carboxylic acids is 1. The van der Waals surface area contributed by atoms with Crippen molar-refractivity contribution in [2.75, 3.05) is 19.8 Å². The molecule has 1 fully saturated rings. The van der Waals surface area contributed by atoms with E-state index in [0.717, 1.165) is 0 Å². The predicted octanol–water partition coefficient (Wildman–Crippen LogP) is 0.420. The van der Waals surface area contributed by atoms with Gasteiger partial charge in [-0.25, -0.2) is 0 Å². The summed E-state index contributed by atoms with van der Waals surface area (Å²) < 4.78 is 5.18. The zero-order valence-corrected chi connectivity index (χ0v) is 6.75. The molecule has 0 bridgehead atoms. The van der Waals surface area contributed by atoms with E-state index in [-0.39, 0.29) is 11.9 Å². The highest BCUT2D eigenvalue weighted by Gasteiger charge is 2.21. The van der Waals surface area contributed by atoms with Crippen LogP contribution in [0.15, 0.2) is 12.7 Å². The summed E-state index contributed by atoms with van der Waals surface area (Å²) in [4.78, 5) is 12.9. The van der Waals surface area contributed by atoms with E-state index in [0.29, 0.717) is 19.8 Å². The van der Waals surface area contributed by atoms with Gasteiger partial charge < -0.3 is 9.64 Å². The molecule has 0 radical (unpaired) electrons. The first kappa shape index (κ1) is 8.27. The van der Waals surface area contributed by atoms with Crippen LogP contribution in [0.3, 0.4) is 0 Å². The van der Waals surface area contributed by atoms with Gasteiger partial charge >= 0.3 is 0 Å². The van der Waals surface area contributed by atoms with Gasteiger partial charge in [0.15, 0.2) is 0 Å². The first-order valence-electron chi connectivity index (χ1n) is 3.76. The predicted molar refractivity (Wildman–Crippen MR) is 42.2 cm³/mol. The quantitative estimate of drug-likeness (QED) is 0.513. The van der Waals surface area contributed by atoms with Crippen molar-refractivity contribution in [1.82, 2.24) is 4.90 Å². The zero-order valence-electron chi connectivity index (χ0n) is 6.75. The van der Waals surface area contributed by atoms with E-state index >= 15 is 0 Å². The number of carbonyl (C=O) groups is 1. The van der Waals surface area contributed by atoms with Crippen LogP contribution in [0, 0.1) is 0 Å². The summed E-state index contributed by atoms with van der Waals surface area (Å²) in [6, 6.07) is 0.189. The van der Waals surface area contributed by atoms with E-state index in [1.807, 2.05) is 6.92 Å². The number of rotatable bonds is 1. The molecule has 0 aromatic rings. The molecule has 11 heavy (non-hydrogen) atoms. The van der Waals surface area contributed by atoms with Crippen molar-refractivity contribution in [2.45, 2.75) is 13.0 Å². The van der Waals surface area contributed by atoms with Crippen LogP contribution in [-0.4, -0.2) is 36.6 Å². The minimum Gasteiger partial charge on any atom is -0.377 e. The van der Waals surface area contributed by atoms with Gasteiger partial charge in [-0.1, -0.05) is 6.58 Å². The Morgan fingerprint density at radius 2 is 2.55 bits per heavy atom. The zero-order chi connectivity index (χ0) is 8.27. The Kier molecular flexibility index (Phi) is 2.65. The van der Waals surface area contributed by atoms with Crippen LogP contribution in [0.25, 0.3) is 0 Å². The van der Waals surface area contributed by atoms with Crippen LogP contribution in [-0.2, 0) is 9.53 Å². The Morgan fingerprint density at radius 3 is 3.09 bits per heavy atom. The largest absolute Gasteiger partial charge is 0.377 e. The molecule has 0 saturated carbocycles. The Morgan fingerprint density at radius 1 is 1.82 bits per heavy atom. The molecule has 1 saturated heterocycles.